The molecule has 1 radical (unpaired) electrons. The van der Waals surface area contributed by atoms with E-state index in [1.807, 2.05) is 0 Å². The molecule has 0 saturated carbocycles. The first kappa shape index (κ1) is 6.59. The third-order valence-corrected chi connectivity index (χ3v) is 0.591. The van der Waals surface area contributed by atoms with Gasteiger partial charge in [0.05, 0.1) is 6.04 Å². The van der Waals surface area contributed by atoms with Gasteiger partial charge in [0.25, 0.3) is 0 Å². The standard InChI is InChI=1S/C4H8NO2/c5-4(3-7)1-2-6/h4,6H,1-2,5H2. The zero-order valence-corrected chi connectivity index (χ0v) is 3.92. The van der Waals surface area contributed by atoms with Crippen LogP contribution in [0.25, 0.3) is 0 Å². The topological polar surface area (TPSA) is 63.3 Å². The zero-order valence-electron chi connectivity index (χ0n) is 3.92. The van der Waals surface area contributed by atoms with E-state index in [-0.39, 0.29) is 6.61 Å². The summed E-state index contributed by atoms with van der Waals surface area (Å²) in [4.78, 5) is 9.53. The van der Waals surface area contributed by atoms with Crippen molar-refractivity contribution in [2.24, 2.45) is 5.73 Å². The Morgan fingerprint density at radius 1 is 1.86 bits per heavy atom. The van der Waals surface area contributed by atoms with Crippen LogP contribution in [0.5, 0.6) is 0 Å². The third kappa shape index (κ3) is 3.42. The monoisotopic (exact) mass is 102 g/mol. The Morgan fingerprint density at radius 3 is 2.57 bits per heavy atom. The van der Waals surface area contributed by atoms with E-state index in [1.54, 1.807) is 0 Å². The van der Waals surface area contributed by atoms with Crippen LogP contribution < -0.4 is 5.73 Å². The number of aliphatic hydroxyl groups is 1. The van der Waals surface area contributed by atoms with Gasteiger partial charge in [-0.2, -0.15) is 0 Å². The lowest BCUT2D eigenvalue weighted by Gasteiger charge is -1.93. The third-order valence-electron chi connectivity index (χ3n) is 0.591. The molecule has 3 N–H and O–H groups in total. The number of hydrogen-bond donors (Lipinski definition) is 2. The summed E-state index contributed by atoms with van der Waals surface area (Å²) < 4.78 is 0. The van der Waals surface area contributed by atoms with Crippen LogP contribution in [0, 0.1) is 0 Å². The Balaban J connectivity index is 2.98. The quantitative estimate of drug-likeness (QED) is 0.470. The van der Waals surface area contributed by atoms with Gasteiger partial charge in [0, 0.05) is 6.61 Å². The Morgan fingerprint density at radius 2 is 2.43 bits per heavy atom. The molecule has 41 valence electrons. The molecule has 0 amide bonds. The van der Waals surface area contributed by atoms with Crippen LogP contribution in [0.15, 0.2) is 0 Å². The molecule has 0 aromatic carbocycles. The van der Waals surface area contributed by atoms with Gasteiger partial charge in [0.15, 0.2) is 0 Å². The summed E-state index contributed by atoms with van der Waals surface area (Å²) in [6, 6.07) is -0.606. The number of aliphatic hydroxyl groups excluding tert-OH is 1. The molecule has 0 fully saturated rings. The molecule has 0 bridgehead atoms. The van der Waals surface area contributed by atoms with Crippen molar-refractivity contribution in [2.75, 3.05) is 6.61 Å². The summed E-state index contributed by atoms with van der Waals surface area (Å²) in [5.74, 6) is 0. The van der Waals surface area contributed by atoms with Crippen molar-refractivity contribution in [1.29, 1.82) is 0 Å². The zero-order chi connectivity index (χ0) is 5.70. The van der Waals surface area contributed by atoms with Gasteiger partial charge in [-0.25, -0.2) is 0 Å². The van der Waals surface area contributed by atoms with Crippen molar-refractivity contribution < 1.29 is 9.90 Å². The van der Waals surface area contributed by atoms with E-state index in [0.717, 1.165) is 0 Å². The highest BCUT2D eigenvalue weighted by Gasteiger charge is 1.96. The van der Waals surface area contributed by atoms with Crippen LogP contribution in [-0.4, -0.2) is 24.0 Å². The van der Waals surface area contributed by atoms with E-state index in [9.17, 15) is 4.79 Å². The van der Waals surface area contributed by atoms with Crippen molar-refractivity contribution in [3.63, 3.8) is 0 Å². The summed E-state index contributed by atoms with van der Waals surface area (Å²) in [7, 11) is 0. The molecule has 0 rings (SSSR count). The van der Waals surface area contributed by atoms with Gasteiger partial charge in [-0.1, -0.05) is 0 Å². The van der Waals surface area contributed by atoms with Gasteiger partial charge in [0.2, 0.25) is 6.29 Å². The average Bonchev–Trinajstić information content (AvgIpc) is 1.68. The summed E-state index contributed by atoms with van der Waals surface area (Å²) in [6.45, 7) is -0.0452. The van der Waals surface area contributed by atoms with E-state index in [2.05, 4.69) is 0 Å². The van der Waals surface area contributed by atoms with Crippen molar-refractivity contribution >= 4 is 6.29 Å². The lowest BCUT2D eigenvalue weighted by atomic mass is 10.3. The second-order valence-corrected chi connectivity index (χ2v) is 1.24. The normalized spacial score (nSPS) is 13.4. The van der Waals surface area contributed by atoms with Crippen molar-refractivity contribution in [3.05, 3.63) is 0 Å². The first-order valence-corrected chi connectivity index (χ1v) is 2.05. The maximum Gasteiger partial charge on any atom is 0.216 e. The van der Waals surface area contributed by atoms with Gasteiger partial charge in [0.1, 0.15) is 0 Å². The highest BCUT2D eigenvalue weighted by molar-refractivity contribution is 5.57. The predicted molar refractivity (Wildman–Crippen MR) is 25.4 cm³/mol. The molecule has 0 spiro atoms. The van der Waals surface area contributed by atoms with Gasteiger partial charge < -0.3 is 10.8 Å². The van der Waals surface area contributed by atoms with E-state index in [4.69, 9.17) is 10.8 Å². The lowest BCUT2D eigenvalue weighted by Crippen LogP contribution is -2.22. The Hall–Kier alpha value is -0.410. The number of nitrogens with two attached hydrogens (primary N) is 1. The Kier molecular flexibility index (Phi) is 3.55. The molecule has 0 saturated heterocycles. The second kappa shape index (κ2) is 3.77. The van der Waals surface area contributed by atoms with E-state index < -0.39 is 6.04 Å². The molecule has 1 unspecified atom stereocenters. The van der Waals surface area contributed by atoms with Crippen LogP contribution >= 0.6 is 0 Å². The van der Waals surface area contributed by atoms with Crippen LogP contribution in [0.3, 0.4) is 0 Å². The predicted octanol–water partition coefficient (Wildman–Crippen LogP) is -1.19. The average molecular weight is 102 g/mol. The molecule has 3 heteroatoms. The molecule has 0 aliphatic heterocycles. The van der Waals surface area contributed by atoms with Gasteiger partial charge in [-0.05, 0) is 6.42 Å². The Bertz CT molecular complexity index is 55.7. The van der Waals surface area contributed by atoms with Crippen LogP contribution in [0.2, 0.25) is 0 Å². The highest BCUT2D eigenvalue weighted by atomic mass is 16.3. The fourth-order valence-corrected chi connectivity index (χ4v) is 0.198. The fourth-order valence-electron chi connectivity index (χ4n) is 0.198. The molecule has 0 aromatic rings. The Labute approximate surface area is 42.1 Å². The van der Waals surface area contributed by atoms with Crippen LogP contribution in [0.4, 0.5) is 0 Å². The summed E-state index contributed by atoms with van der Waals surface area (Å²) >= 11 is 0. The van der Waals surface area contributed by atoms with Crippen molar-refractivity contribution in [1.82, 2.24) is 0 Å². The molecular weight excluding hydrogens is 94.0 g/mol. The van der Waals surface area contributed by atoms with Gasteiger partial charge in [-0.3, -0.25) is 4.79 Å². The summed E-state index contributed by atoms with van der Waals surface area (Å²) in [5, 5.41) is 8.11. The van der Waals surface area contributed by atoms with Gasteiger partial charge >= 0.3 is 0 Å². The lowest BCUT2D eigenvalue weighted by molar-refractivity contribution is 0.284. The van der Waals surface area contributed by atoms with Crippen molar-refractivity contribution in [3.8, 4) is 0 Å². The smallest absolute Gasteiger partial charge is 0.216 e. The molecule has 7 heavy (non-hydrogen) atoms. The minimum atomic E-state index is -0.606. The molecule has 0 heterocycles. The second-order valence-electron chi connectivity index (χ2n) is 1.24. The fraction of sp³-hybridized carbons (Fsp3) is 0.750. The minimum absolute atomic E-state index is 0.0452. The molecular formula is C4H8NO2. The summed E-state index contributed by atoms with van der Waals surface area (Å²) in [6.07, 6.45) is 1.84. The highest BCUT2D eigenvalue weighted by Crippen LogP contribution is 1.77. The van der Waals surface area contributed by atoms with E-state index in [0.29, 0.717) is 6.42 Å². The first-order valence-electron chi connectivity index (χ1n) is 2.05. The first-order chi connectivity index (χ1) is 3.31. The van der Waals surface area contributed by atoms with Crippen LogP contribution in [-0.2, 0) is 4.79 Å². The number of rotatable bonds is 3. The maximum absolute atomic E-state index is 9.53. The maximum atomic E-state index is 9.53. The van der Waals surface area contributed by atoms with Crippen LogP contribution in [0.1, 0.15) is 6.42 Å². The minimum Gasteiger partial charge on any atom is -0.396 e. The van der Waals surface area contributed by atoms with Crippen molar-refractivity contribution in [2.45, 2.75) is 12.5 Å². The molecule has 1 atom stereocenters. The van der Waals surface area contributed by atoms with E-state index in [1.165, 1.54) is 6.29 Å². The molecule has 3 nitrogen and oxygen atoms in total. The number of carbonyl (C=O) groups excluding carboxylic acids is 1. The van der Waals surface area contributed by atoms with Gasteiger partial charge in [-0.15, -0.1) is 0 Å². The SMILES string of the molecule is NC([C]=O)CCO. The molecule has 0 aliphatic rings. The largest absolute Gasteiger partial charge is 0.396 e. The number of hydrogen-bond acceptors (Lipinski definition) is 3. The molecule has 0 aliphatic carbocycles. The molecule has 0 aromatic heterocycles. The van der Waals surface area contributed by atoms with E-state index >= 15 is 0 Å². The summed E-state index contributed by atoms with van der Waals surface area (Å²) in [5.41, 5.74) is 5.00.